The molecule has 1 aliphatic heterocycles. The van der Waals surface area contributed by atoms with Crippen LogP contribution in [0.4, 0.5) is 8.87 Å². The van der Waals surface area contributed by atoms with Gasteiger partial charge in [0.2, 0.25) is 0 Å². The first-order valence-corrected chi connectivity index (χ1v) is 6.27. The minimum atomic E-state index is -1.21. The molecule has 0 N–H and O–H groups in total. The maximum atomic E-state index is 14.2. The van der Waals surface area contributed by atoms with Crippen LogP contribution < -0.4 is 0 Å². The molecular formula is C12H23F2NO. The highest BCUT2D eigenvalue weighted by Crippen LogP contribution is 2.27. The lowest BCUT2D eigenvalue weighted by atomic mass is 9.94. The number of hydrogen-bond acceptors (Lipinski definition) is 2. The summed E-state index contributed by atoms with van der Waals surface area (Å²) in [6.45, 7) is 6.30. The summed E-state index contributed by atoms with van der Waals surface area (Å²) < 4.78 is 32.9. The Morgan fingerprint density at radius 2 is 2.06 bits per heavy atom. The molecule has 96 valence electrons. The molecule has 16 heavy (non-hydrogen) atoms. The molecule has 0 aliphatic carbocycles. The predicted molar refractivity (Wildman–Crippen MR) is 60.6 cm³/mol. The van der Waals surface area contributed by atoms with E-state index in [1.807, 2.05) is 20.8 Å². The summed E-state index contributed by atoms with van der Waals surface area (Å²) in [4.78, 5) is 0. The molecule has 4 unspecified atom stereocenters. The van der Waals surface area contributed by atoms with E-state index in [4.69, 9.17) is 4.74 Å². The predicted octanol–water partition coefficient (Wildman–Crippen LogP) is 3.12. The second-order valence-corrected chi connectivity index (χ2v) is 4.72. The first-order chi connectivity index (χ1) is 7.61. The van der Waals surface area contributed by atoms with Gasteiger partial charge in [-0.05, 0) is 12.8 Å². The Kier molecular flexibility index (Phi) is 5.62. The van der Waals surface area contributed by atoms with Gasteiger partial charge in [-0.15, -0.1) is 9.60 Å². The fraction of sp³-hybridized carbons (Fsp3) is 1.00. The SMILES string of the molecule is CCCC(CC)N(F)C1C(C)COCC1F. The normalized spacial score (nSPS) is 33.0. The van der Waals surface area contributed by atoms with E-state index >= 15 is 0 Å². The van der Waals surface area contributed by atoms with Crippen LogP contribution in [0.15, 0.2) is 0 Å². The highest BCUT2D eigenvalue weighted by molar-refractivity contribution is 4.86. The third kappa shape index (κ3) is 3.14. The van der Waals surface area contributed by atoms with Crippen LogP contribution in [0.25, 0.3) is 0 Å². The average molecular weight is 235 g/mol. The van der Waals surface area contributed by atoms with Crippen molar-refractivity contribution in [3.05, 3.63) is 0 Å². The van der Waals surface area contributed by atoms with Gasteiger partial charge in [0.25, 0.3) is 0 Å². The Balaban J connectivity index is 2.64. The van der Waals surface area contributed by atoms with Gasteiger partial charge in [-0.2, -0.15) is 0 Å². The molecule has 0 spiro atoms. The maximum Gasteiger partial charge on any atom is 0.142 e. The number of nitrogens with zero attached hydrogens (tertiary/aromatic N) is 1. The summed E-state index contributed by atoms with van der Waals surface area (Å²) in [5.74, 6) is -0.0837. The third-order valence-corrected chi connectivity index (χ3v) is 3.34. The van der Waals surface area contributed by atoms with Crippen LogP contribution in [0.3, 0.4) is 0 Å². The largest absolute Gasteiger partial charge is 0.378 e. The van der Waals surface area contributed by atoms with Crippen molar-refractivity contribution in [2.75, 3.05) is 13.2 Å². The van der Waals surface area contributed by atoms with Crippen molar-refractivity contribution >= 4 is 0 Å². The van der Waals surface area contributed by atoms with Crippen LogP contribution in [0.5, 0.6) is 0 Å². The van der Waals surface area contributed by atoms with Gasteiger partial charge in [0.15, 0.2) is 0 Å². The molecule has 1 heterocycles. The van der Waals surface area contributed by atoms with Crippen molar-refractivity contribution in [3.8, 4) is 0 Å². The molecule has 1 rings (SSSR count). The number of rotatable bonds is 5. The van der Waals surface area contributed by atoms with Crippen LogP contribution >= 0.6 is 0 Å². The van der Waals surface area contributed by atoms with Gasteiger partial charge >= 0.3 is 0 Å². The average Bonchev–Trinajstić information content (AvgIpc) is 2.25. The van der Waals surface area contributed by atoms with E-state index in [1.165, 1.54) is 0 Å². The van der Waals surface area contributed by atoms with E-state index in [9.17, 15) is 8.87 Å². The zero-order valence-corrected chi connectivity index (χ0v) is 10.5. The van der Waals surface area contributed by atoms with Gasteiger partial charge in [-0.1, -0.05) is 27.2 Å². The molecule has 1 fully saturated rings. The van der Waals surface area contributed by atoms with Gasteiger partial charge in [-0.3, -0.25) is 0 Å². The first-order valence-electron chi connectivity index (χ1n) is 6.27. The summed E-state index contributed by atoms with van der Waals surface area (Å²) in [5.41, 5.74) is 0. The standard InChI is InChI=1S/C12H23F2NO/c1-4-6-10(5-2)15(14)12-9(3)7-16-8-11(12)13/h9-12H,4-8H2,1-3H3. The lowest BCUT2D eigenvalue weighted by Gasteiger charge is -2.38. The highest BCUT2D eigenvalue weighted by Gasteiger charge is 2.39. The number of alkyl halides is 1. The van der Waals surface area contributed by atoms with Crippen LogP contribution in [0.1, 0.15) is 40.0 Å². The van der Waals surface area contributed by atoms with E-state index in [0.29, 0.717) is 6.61 Å². The first kappa shape index (κ1) is 13.8. The van der Waals surface area contributed by atoms with E-state index in [1.54, 1.807) is 0 Å². The molecule has 2 nitrogen and oxygen atoms in total. The van der Waals surface area contributed by atoms with Gasteiger partial charge in [0, 0.05) is 12.0 Å². The fourth-order valence-electron chi connectivity index (χ4n) is 2.40. The zero-order valence-electron chi connectivity index (χ0n) is 10.5. The number of halogens is 2. The molecule has 4 heteroatoms. The Labute approximate surface area is 96.9 Å². The summed E-state index contributed by atoms with van der Waals surface area (Å²) in [7, 11) is 0. The van der Waals surface area contributed by atoms with E-state index in [2.05, 4.69) is 0 Å². The second-order valence-electron chi connectivity index (χ2n) is 4.72. The van der Waals surface area contributed by atoms with Crippen molar-refractivity contribution in [2.24, 2.45) is 5.92 Å². The quantitative estimate of drug-likeness (QED) is 0.679. The van der Waals surface area contributed by atoms with Crippen molar-refractivity contribution in [2.45, 2.75) is 58.3 Å². The molecule has 0 bridgehead atoms. The number of ether oxygens (including phenoxy) is 1. The lowest BCUT2D eigenvalue weighted by molar-refractivity contribution is -0.153. The monoisotopic (exact) mass is 235 g/mol. The van der Waals surface area contributed by atoms with E-state index in [-0.39, 0.29) is 18.6 Å². The van der Waals surface area contributed by atoms with Crippen LogP contribution in [-0.2, 0) is 4.74 Å². The minimum Gasteiger partial charge on any atom is -0.378 e. The van der Waals surface area contributed by atoms with E-state index in [0.717, 1.165) is 24.4 Å². The molecule has 0 aromatic rings. The van der Waals surface area contributed by atoms with Gasteiger partial charge in [0.1, 0.15) is 6.17 Å². The molecular weight excluding hydrogens is 212 g/mol. The molecule has 0 radical (unpaired) electrons. The number of hydrogen-bond donors (Lipinski definition) is 0. The van der Waals surface area contributed by atoms with Crippen LogP contribution in [0, 0.1) is 5.92 Å². The van der Waals surface area contributed by atoms with Crippen molar-refractivity contribution in [1.29, 1.82) is 0 Å². The van der Waals surface area contributed by atoms with Gasteiger partial charge in [0.05, 0.1) is 19.3 Å². The van der Waals surface area contributed by atoms with Gasteiger partial charge in [-0.25, -0.2) is 4.39 Å². The maximum absolute atomic E-state index is 14.2. The van der Waals surface area contributed by atoms with Gasteiger partial charge < -0.3 is 4.74 Å². The Morgan fingerprint density at radius 3 is 2.56 bits per heavy atom. The Morgan fingerprint density at radius 1 is 1.38 bits per heavy atom. The van der Waals surface area contributed by atoms with Crippen molar-refractivity contribution in [3.63, 3.8) is 0 Å². The summed E-state index contributed by atoms with van der Waals surface area (Å²) in [6.07, 6.45) is 1.22. The fourth-order valence-corrected chi connectivity index (χ4v) is 2.40. The van der Waals surface area contributed by atoms with Crippen LogP contribution in [0.2, 0.25) is 0 Å². The smallest absolute Gasteiger partial charge is 0.142 e. The Bertz CT molecular complexity index is 193. The minimum absolute atomic E-state index is 0.0258. The molecule has 0 aromatic heterocycles. The molecule has 1 saturated heterocycles. The molecule has 4 atom stereocenters. The zero-order chi connectivity index (χ0) is 12.1. The van der Waals surface area contributed by atoms with Crippen LogP contribution in [-0.4, -0.2) is 36.6 Å². The summed E-state index contributed by atoms with van der Waals surface area (Å²) in [5, 5.41) is 0.751. The van der Waals surface area contributed by atoms with Crippen molar-refractivity contribution < 1.29 is 13.6 Å². The molecule has 1 aliphatic rings. The lowest BCUT2D eigenvalue weighted by Crippen LogP contribution is -2.52. The van der Waals surface area contributed by atoms with E-state index < -0.39 is 12.2 Å². The molecule has 0 aromatic carbocycles. The summed E-state index contributed by atoms with van der Waals surface area (Å²) >= 11 is 0. The third-order valence-electron chi connectivity index (χ3n) is 3.34. The summed E-state index contributed by atoms with van der Waals surface area (Å²) in [6, 6.07) is -0.793. The van der Waals surface area contributed by atoms with Crippen molar-refractivity contribution in [1.82, 2.24) is 5.12 Å². The Hall–Kier alpha value is -0.220. The topological polar surface area (TPSA) is 12.5 Å². The molecule has 0 amide bonds. The highest BCUT2D eigenvalue weighted by atomic mass is 19.2. The molecule has 0 saturated carbocycles. The second kappa shape index (κ2) is 6.50.